The van der Waals surface area contributed by atoms with Crippen LogP contribution in [0.4, 0.5) is 10.1 Å². The van der Waals surface area contributed by atoms with Crippen molar-refractivity contribution in [3.05, 3.63) is 63.9 Å². The Morgan fingerprint density at radius 1 is 1.19 bits per heavy atom. The van der Waals surface area contributed by atoms with Gasteiger partial charge in [0.25, 0.3) is 0 Å². The number of halogens is 3. The van der Waals surface area contributed by atoms with Crippen LogP contribution < -0.4 is 16.0 Å². The number of benzene rings is 2. The van der Waals surface area contributed by atoms with Gasteiger partial charge in [0.15, 0.2) is 0 Å². The van der Waals surface area contributed by atoms with Crippen LogP contribution in [0.1, 0.15) is 24.9 Å². The summed E-state index contributed by atoms with van der Waals surface area (Å²) < 4.78 is 13.2. The van der Waals surface area contributed by atoms with E-state index >= 15 is 0 Å². The summed E-state index contributed by atoms with van der Waals surface area (Å²) in [5, 5.41) is 4.13. The molecule has 5 nitrogen and oxygen atoms in total. The molecule has 0 heterocycles. The number of amides is 2. The fourth-order valence-corrected chi connectivity index (χ4v) is 3.11. The third-order valence-corrected chi connectivity index (χ3v) is 4.57. The first-order valence-corrected chi connectivity index (χ1v) is 9.06. The lowest BCUT2D eigenvalue weighted by atomic mass is 10.1. The minimum atomic E-state index is -0.524. The molecule has 0 radical (unpaired) electrons. The van der Waals surface area contributed by atoms with Gasteiger partial charge in [-0.25, -0.2) is 4.39 Å². The number of nitrogens with zero attached hydrogens (tertiary/aromatic N) is 1. The maximum atomic E-state index is 13.2. The second-order valence-electron chi connectivity index (χ2n) is 6.01. The van der Waals surface area contributed by atoms with Crippen LogP contribution in [0.5, 0.6) is 0 Å². The van der Waals surface area contributed by atoms with E-state index < -0.39 is 11.7 Å². The number of anilines is 1. The van der Waals surface area contributed by atoms with Gasteiger partial charge < -0.3 is 16.0 Å². The summed E-state index contributed by atoms with van der Waals surface area (Å²) in [6.45, 7) is 1.97. The molecule has 0 fully saturated rings. The van der Waals surface area contributed by atoms with Crippen LogP contribution in [-0.2, 0) is 9.59 Å². The Morgan fingerprint density at radius 3 is 2.44 bits per heavy atom. The molecule has 0 saturated carbocycles. The maximum Gasteiger partial charge on any atom is 0.240 e. The predicted molar refractivity (Wildman–Crippen MR) is 105 cm³/mol. The summed E-state index contributed by atoms with van der Waals surface area (Å²) in [6, 6.07) is 10.4. The Morgan fingerprint density at radius 2 is 1.85 bits per heavy atom. The van der Waals surface area contributed by atoms with Gasteiger partial charge in [-0.1, -0.05) is 29.3 Å². The first-order chi connectivity index (χ1) is 12.8. The van der Waals surface area contributed by atoms with Crippen molar-refractivity contribution in [2.75, 3.05) is 18.0 Å². The molecule has 0 aliphatic rings. The lowest BCUT2D eigenvalue weighted by Crippen LogP contribution is -2.40. The summed E-state index contributed by atoms with van der Waals surface area (Å²) in [6.07, 6.45) is 0.00167. The molecule has 0 aliphatic carbocycles. The standard InChI is InChI=1S/C19H20Cl2FN3O2/c1-12(16-7-2-13(20)10-17(16)21)24-11-19(27)25(9-8-18(23)26)15-5-3-14(22)4-6-15/h2-7,10,12,24H,8-9,11H2,1H3,(H2,23,26)/t12-/m1/s1. The number of carbonyl (C=O) groups excluding carboxylic acids is 2. The highest BCUT2D eigenvalue weighted by Gasteiger charge is 2.18. The van der Waals surface area contributed by atoms with Crippen LogP contribution in [0.25, 0.3) is 0 Å². The van der Waals surface area contributed by atoms with Gasteiger partial charge >= 0.3 is 0 Å². The Bertz CT molecular complexity index is 815. The maximum absolute atomic E-state index is 13.2. The molecule has 0 aliphatic heterocycles. The Labute approximate surface area is 167 Å². The number of hydrogen-bond donors (Lipinski definition) is 2. The van der Waals surface area contributed by atoms with Gasteiger partial charge in [-0.15, -0.1) is 0 Å². The van der Waals surface area contributed by atoms with Gasteiger partial charge in [0.1, 0.15) is 5.82 Å². The number of rotatable bonds is 8. The molecule has 3 N–H and O–H groups in total. The molecule has 27 heavy (non-hydrogen) atoms. The lowest BCUT2D eigenvalue weighted by molar-refractivity contribution is -0.118. The van der Waals surface area contributed by atoms with Crippen LogP contribution >= 0.6 is 23.2 Å². The van der Waals surface area contributed by atoms with Crippen molar-refractivity contribution >= 4 is 40.7 Å². The van der Waals surface area contributed by atoms with Crippen LogP contribution in [-0.4, -0.2) is 24.9 Å². The second-order valence-corrected chi connectivity index (χ2v) is 6.85. The van der Waals surface area contributed by atoms with Gasteiger partial charge in [-0.2, -0.15) is 0 Å². The van der Waals surface area contributed by atoms with Crippen molar-refractivity contribution in [1.29, 1.82) is 0 Å². The third kappa shape index (κ3) is 6.20. The summed E-state index contributed by atoms with van der Waals surface area (Å²) in [4.78, 5) is 25.2. The zero-order valence-electron chi connectivity index (χ0n) is 14.7. The van der Waals surface area contributed by atoms with E-state index in [4.69, 9.17) is 28.9 Å². The average molecular weight is 412 g/mol. The first kappa shape index (κ1) is 21.2. The van der Waals surface area contributed by atoms with Crippen molar-refractivity contribution in [1.82, 2.24) is 5.32 Å². The molecule has 2 aromatic carbocycles. The number of nitrogens with two attached hydrogens (primary N) is 1. The molecule has 0 bridgehead atoms. The van der Waals surface area contributed by atoms with Gasteiger partial charge in [-0.05, 0) is 48.9 Å². The summed E-state index contributed by atoms with van der Waals surface area (Å²) in [5.74, 6) is -1.21. The van der Waals surface area contributed by atoms with Gasteiger partial charge in [0.05, 0.1) is 6.54 Å². The molecule has 8 heteroatoms. The van der Waals surface area contributed by atoms with E-state index in [1.165, 1.54) is 29.2 Å². The Kier molecular flexibility index (Phi) is 7.59. The van der Waals surface area contributed by atoms with Crippen molar-refractivity contribution in [2.45, 2.75) is 19.4 Å². The fraction of sp³-hybridized carbons (Fsp3) is 0.263. The van der Waals surface area contributed by atoms with E-state index in [2.05, 4.69) is 5.32 Å². The molecule has 2 rings (SSSR count). The highest BCUT2D eigenvalue weighted by atomic mass is 35.5. The van der Waals surface area contributed by atoms with Crippen molar-refractivity contribution in [3.8, 4) is 0 Å². The van der Waals surface area contributed by atoms with E-state index in [0.29, 0.717) is 15.7 Å². The molecule has 0 saturated heterocycles. The summed E-state index contributed by atoms with van der Waals surface area (Å²) in [5.41, 5.74) is 6.48. The van der Waals surface area contributed by atoms with E-state index in [1.807, 2.05) is 6.92 Å². The second kappa shape index (κ2) is 9.69. The molecular weight excluding hydrogens is 392 g/mol. The van der Waals surface area contributed by atoms with E-state index in [9.17, 15) is 14.0 Å². The monoisotopic (exact) mass is 411 g/mol. The predicted octanol–water partition coefficient (Wildman–Crippen LogP) is 3.69. The van der Waals surface area contributed by atoms with Gasteiger partial charge in [-0.3, -0.25) is 9.59 Å². The molecule has 0 unspecified atom stereocenters. The van der Waals surface area contributed by atoms with Crippen LogP contribution in [0.2, 0.25) is 10.0 Å². The van der Waals surface area contributed by atoms with Crippen molar-refractivity contribution < 1.29 is 14.0 Å². The molecule has 2 amide bonds. The molecule has 144 valence electrons. The number of primary amides is 1. The van der Waals surface area contributed by atoms with E-state index in [0.717, 1.165) is 5.56 Å². The number of carbonyl (C=O) groups is 2. The topological polar surface area (TPSA) is 75.4 Å². The molecule has 2 aromatic rings. The zero-order chi connectivity index (χ0) is 20.0. The smallest absolute Gasteiger partial charge is 0.240 e. The largest absolute Gasteiger partial charge is 0.370 e. The SMILES string of the molecule is C[C@@H](NCC(=O)N(CCC(N)=O)c1ccc(F)cc1)c1ccc(Cl)cc1Cl. The first-order valence-electron chi connectivity index (χ1n) is 8.30. The highest BCUT2D eigenvalue weighted by molar-refractivity contribution is 6.35. The quantitative estimate of drug-likeness (QED) is 0.695. The number of nitrogens with one attached hydrogen (secondary N) is 1. The highest BCUT2D eigenvalue weighted by Crippen LogP contribution is 2.26. The van der Waals surface area contributed by atoms with Crippen molar-refractivity contribution in [3.63, 3.8) is 0 Å². The zero-order valence-corrected chi connectivity index (χ0v) is 16.2. The van der Waals surface area contributed by atoms with Crippen LogP contribution in [0.15, 0.2) is 42.5 Å². The van der Waals surface area contributed by atoms with E-state index in [1.54, 1.807) is 18.2 Å². The fourth-order valence-electron chi connectivity index (χ4n) is 2.54. The van der Waals surface area contributed by atoms with E-state index in [-0.39, 0.29) is 31.5 Å². The minimum absolute atomic E-state index is 0.00167. The molecular formula is C19H20Cl2FN3O2. The molecule has 1 atom stereocenters. The Hall–Kier alpha value is -2.15. The van der Waals surface area contributed by atoms with Crippen molar-refractivity contribution in [2.24, 2.45) is 5.73 Å². The minimum Gasteiger partial charge on any atom is -0.370 e. The normalized spacial score (nSPS) is 11.9. The van der Waals surface area contributed by atoms with Gasteiger partial charge in [0, 0.05) is 34.7 Å². The summed E-state index contributed by atoms with van der Waals surface area (Å²) in [7, 11) is 0. The van der Waals surface area contributed by atoms with Gasteiger partial charge in [0.2, 0.25) is 11.8 Å². The Balaban J connectivity index is 2.08. The molecule has 0 aromatic heterocycles. The lowest BCUT2D eigenvalue weighted by Gasteiger charge is -2.24. The number of hydrogen-bond acceptors (Lipinski definition) is 3. The van der Waals surface area contributed by atoms with Crippen LogP contribution in [0.3, 0.4) is 0 Å². The third-order valence-electron chi connectivity index (χ3n) is 4.01. The average Bonchev–Trinajstić information content (AvgIpc) is 2.61. The molecule has 0 spiro atoms. The van der Waals surface area contributed by atoms with Crippen LogP contribution in [0, 0.1) is 5.82 Å². The summed E-state index contributed by atoms with van der Waals surface area (Å²) >= 11 is 12.1.